The standard InChI is InChI=1S/C10H11NO5/c11-8(10(13)14)9(12)5-1-2-6-7(3-5)16-4-15-6/h1-3,8-9,12H,4,11H2,(H,13,14)/t8-,9+/m1/s1/i8+1,10+1,11+1. The van der Waals surface area contributed by atoms with E-state index in [1.165, 1.54) is 6.07 Å². The third-order valence-electron chi connectivity index (χ3n) is 2.36. The average molecular weight is 228 g/mol. The van der Waals surface area contributed by atoms with Gasteiger partial charge < -0.3 is 25.4 Å². The quantitative estimate of drug-likeness (QED) is 0.491. The van der Waals surface area contributed by atoms with E-state index < -0.39 is 18.1 Å². The molecule has 2 atom stereocenters. The van der Waals surface area contributed by atoms with Gasteiger partial charge in [-0.2, -0.15) is 0 Å². The van der Waals surface area contributed by atoms with Crippen molar-refractivity contribution in [1.29, 1.82) is 0 Å². The van der Waals surface area contributed by atoms with E-state index in [1.54, 1.807) is 12.1 Å². The normalized spacial score (nSPS) is 16.9. The lowest BCUT2D eigenvalue weighted by molar-refractivity contribution is -0.141. The molecule has 6 heteroatoms. The number of fused-ring (bicyclic) bond motifs is 1. The SMILES string of the molecule is [15NH2][13C@H]([C@@H](O)c1ccc2c(c1)OCO2)[13C](=O)O. The largest absolute Gasteiger partial charge is 0.480 e. The van der Waals surface area contributed by atoms with Gasteiger partial charge in [-0.25, -0.2) is 0 Å². The Kier molecular flexibility index (Phi) is 2.67. The number of carboxylic acid groups (broad SMARTS) is 1. The van der Waals surface area contributed by atoms with Gasteiger partial charge in [0, 0.05) is 0 Å². The number of aliphatic hydroxyl groups excluding tert-OH is 1. The van der Waals surface area contributed by atoms with Gasteiger partial charge in [0.1, 0.15) is 12.1 Å². The summed E-state index contributed by atoms with van der Waals surface area (Å²) in [5.41, 5.74) is 5.70. The Hall–Kier alpha value is -1.79. The van der Waals surface area contributed by atoms with Crippen molar-refractivity contribution < 1.29 is 24.5 Å². The highest BCUT2D eigenvalue weighted by Crippen LogP contribution is 2.34. The molecule has 0 radical (unpaired) electrons. The molecule has 4 N–H and O–H groups in total. The highest BCUT2D eigenvalue weighted by Gasteiger charge is 2.25. The molecule has 1 aromatic rings. The summed E-state index contributed by atoms with van der Waals surface area (Å²) in [6, 6.07) is 3.33. The Balaban J connectivity index is 2.24. The van der Waals surface area contributed by atoms with Crippen LogP contribution in [0.1, 0.15) is 11.7 Å². The van der Waals surface area contributed by atoms with E-state index in [0.29, 0.717) is 17.1 Å². The number of nitrogens with two attached hydrogens (primary N) is 1. The van der Waals surface area contributed by atoms with E-state index in [1.807, 2.05) is 0 Å². The molecule has 0 aliphatic carbocycles. The molecule has 0 saturated heterocycles. The number of rotatable bonds is 3. The lowest BCUT2D eigenvalue weighted by atomic mass is 10.1. The summed E-state index contributed by atoms with van der Waals surface area (Å²) in [7, 11) is 0. The van der Waals surface area contributed by atoms with Gasteiger partial charge in [0.2, 0.25) is 6.79 Å². The zero-order chi connectivity index (χ0) is 11.7. The Labute approximate surface area is 91.2 Å². The summed E-state index contributed by atoms with van der Waals surface area (Å²) in [6.45, 7) is 0.125. The van der Waals surface area contributed by atoms with Crippen LogP contribution in [0.4, 0.5) is 0 Å². The number of aliphatic carboxylic acids is 1. The van der Waals surface area contributed by atoms with Gasteiger partial charge in [0.15, 0.2) is 11.5 Å². The van der Waals surface area contributed by atoms with E-state index in [-0.39, 0.29) is 6.79 Å². The topological polar surface area (TPSA) is 102 Å². The summed E-state index contributed by atoms with van der Waals surface area (Å²) in [5, 5.41) is 18.4. The fourth-order valence-corrected chi connectivity index (χ4v) is 1.44. The number of aliphatic hydroxyl groups is 1. The Morgan fingerprint density at radius 2 is 2.06 bits per heavy atom. The molecule has 0 fully saturated rings. The molecule has 6 nitrogen and oxygen atoms in total. The number of ether oxygens (including phenoxy) is 2. The molecule has 1 aliphatic heterocycles. The summed E-state index contributed by atoms with van der Waals surface area (Å²) in [4.78, 5) is 10.6. The van der Waals surface area contributed by atoms with Crippen LogP contribution in [0.25, 0.3) is 0 Å². The average Bonchev–Trinajstić information content (AvgIpc) is 2.73. The zero-order valence-electron chi connectivity index (χ0n) is 8.29. The minimum atomic E-state index is -1.36. The predicted octanol–water partition coefficient (Wildman–Crippen LogP) is -0.139. The first-order valence-corrected chi connectivity index (χ1v) is 4.65. The summed E-state index contributed by atoms with van der Waals surface area (Å²) in [6.07, 6.45) is -1.27. The summed E-state index contributed by atoms with van der Waals surface area (Å²) < 4.78 is 10.2. The van der Waals surface area contributed by atoms with Crippen molar-refractivity contribution in [2.45, 2.75) is 12.1 Å². The number of hydrogen-bond acceptors (Lipinski definition) is 5. The molecule has 0 saturated carbocycles. The van der Waals surface area contributed by atoms with Gasteiger partial charge in [-0.1, -0.05) is 6.07 Å². The van der Waals surface area contributed by atoms with Crippen LogP contribution in [0.3, 0.4) is 0 Å². The smallest absolute Gasteiger partial charge is 0.323 e. The van der Waals surface area contributed by atoms with Crippen LogP contribution in [-0.4, -0.2) is 29.0 Å². The van der Waals surface area contributed by atoms with Crippen molar-refractivity contribution in [2.75, 3.05) is 6.79 Å². The van der Waals surface area contributed by atoms with E-state index in [9.17, 15) is 9.90 Å². The minimum Gasteiger partial charge on any atom is -0.480 e. The fraction of sp³-hybridized carbons (Fsp3) is 0.300. The van der Waals surface area contributed by atoms with Gasteiger partial charge in [-0.15, -0.1) is 0 Å². The van der Waals surface area contributed by atoms with Crippen LogP contribution in [-0.2, 0) is 4.79 Å². The van der Waals surface area contributed by atoms with E-state index >= 15 is 0 Å². The lowest BCUT2D eigenvalue weighted by Crippen LogP contribution is -2.36. The highest BCUT2D eigenvalue weighted by atomic mass is 16.7. The molecular formula is C10H11NO5. The molecule has 0 bridgehead atoms. The molecule has 0 spiro atoms. The van der Waals surface area contributed by atoms with Crippen LogP contribution < -0.4 is 15.2 Å². The molecule has 16 heavy (non-hydrogen) atoms. The van der Waals surface area contributed by atoms with Crippen LogP contribution in [0.15, 0.2) is 18.2 Å². The van der Waals surface area contributed by atoms with Crippen LogP contribution in [0.2, 0.25) is 0 Å². The molecule has 0 unspecified atom stereocenters. The third kappa shape index (κ3) is 1.80. The van der Waals surface area contributed by atoms with Gasteiger partial charge in [0.25, 0.3) is 0 Å². The summed E-state index contributed by atoms with van der Waals surface area (Å²) in [5.74, 6) is -0.209. The first kappa shape index (κ1) is 10.7. The number of hydrogen-bond donors (Lipinski definition) is 3. The molecule has 86 valence electrons. The molecule has 1 aliphatic rings. The molecule has 1 aromatic carbocycles. The second-order valence-electron chi connectivity index (χ2n) is 3.42. The minimum absolute atomic E-state index is 0.125. The van der Waals surface area contributed by atoms with E-state index in [2.05, 4.69) is 0 Å². The van der Waals surface area contributed by atoms with Gasteiger partial charge in [-0.05, 0) is 17.7 Å². The maximum absolute atomic E-state index is 10.6. The van der Waals surface area contributed by atoms with Gasteiger partial charge in [0.05, 0.1) is 0 Å². The van der Waals surface area contributed by atoms with Crippen molar-refractivity contribution in [2.24, 2.45) is 5.73 Å². The maximum Gasteiger partial charge on any atom is 0.323 e. The summed E-state index contributed by atoms with van der Waals surface area (Å²) >= 11 is 0. The number of carbonyl (C=O) groups is 1. The van der Waals surface area contributed by atoms with E-state index in [0.717, 1.165) is 0 Å². The fourth-order valence-electron chi connectivity index (χ4n) is 1.44. The molecule has 0 amide bonds. The van der Waals surface area contributed by atoms with Crippen molar-refractivity contribution in [3.63, 3.8) is 0 Å². The monoisotopic (exact) mass is 228 g/mol. The molecule has 2 rings (SSSR count). The van der Waals surface area contributed by atoms with Crippen molar-refractivity contribution >= 4 is 5.97 Å². The Morgan fingerprint density at radius 1 is 1.38 bits per heavy atom. The molecular weight excluding hydrogens is 217 g/mol. The van der Waals surface area contributed by atoms with E-state index in [4.69, 9.17) is 20.3 Å². The maximum atomic E-state index is 10.6. The van der Waals surface area contributed by atoms with Crippen molar-refractivity contribution in [3.05, 3.63) is 23.8 Å². The Bertz CT molecular complexity index is 420. The van der Waals surface area contributed by atoms with Gasteiger partial charge in [-0.3, -0.25) is 4.79 Å². The van der Waals surface area contributed by atoms with Crippen LogP contribution >= 0.6 is 0 Å². The second kappa shape index (κ2) is 3.99. The van der Waals surface area contributed by atoms with Crippen LogP contribution in [0.5, 0.6) is 11.5 Å². The van der Waals surface area contributed by atoms with Crippen molar-refractivity contribution in [3.8, 4) is 11.5 Å². The second-order valence-corrected chi connectivity index (χ2v) is 3.42. The molecule has 0 aromatic heterocycles. The first-order valence-electron chi connectivity index (χ1n) is 4.65. The van der Waals surface area contributed by atoms with Crippen molar-refractivity contribution in [1.82, 2.24) is 0 Å². The third-order valence-corrected chi connectivity index (χ3v) is 2.36. The molecule has 1 heterocycles. The van der Waals surface area contributed by atoms with Gasteiger partial charge >= 0.3 is 5.97 Å². The highest BCUT2D eigenvalue weighted by molar-refractivity contribution is 5.74. The first-order chi connectivity index (χ1) is 7.59. The Morgan fingerprint density at radius 3 is 2.75 bits per heavy atom. The number of carboxylic acids is 1. The zero-order valence-corrected chi connectivity index (χ0v) is 8.29. The predicted molar refractivity (Wildman–Crippen MR) is 53.1 cm³/mol. The lowest BCUT2D eigenvalue weighted by Gasteiger charge is -2.15. The number of benzene rings is 1. The van der Waals surface area contributed by atoms with Crippen LogP contribution in [0, 0.1) is 0 Å².